The number of aliphatic carboxylic acids is 1. The van der Waals surface area contributed by atoms with Crippen molar-refractivity contribution in [3.63, 3.8) is 0 Å². The third-order valence-corrected chi connectivity index (χ3v) is 4.45. The van der Waals surface area contributed by atoms with Crippen molar-refractivity contribution in [2.45, 2.75) is 31.2 Å². The Morgan fingerprint density at radius 2 is 2.00 bits per heavy atom. The van der Waals surface area contributed by atoms with Crippen molar-refractivity contribution in [1.82, 2.24) is 10.0 Å². The molecule has 0 atom stereocenters. The molecular formula is C14H20N2O6S. The van der Waals surface area contributed by atoms with Crippen molar-refractivity contribution in [1.29, 1.82) is 0 Å². The molecule has 1 aromatic carbocycles. The minimum absolute atomic E-state index is 0.0237. The molecular weight excluding hydrogens is 324 g/mol. The first-order chi connectivity index (χ1) is 10.8. The van der Waals surface area contributed by atoms with Crippen LogP contribution < -0.4 is 14.8 Å². The zero-order chi connectivity index (χ0) is 17.5. The number of sulfonamides is 1. The van der Waals surface area contributed by atoms with Crippen LogP contribution in [0.15, 0.2) is 23.1 Å². The second-order valence-electron chi connectivity index (χ2n) is 4.65. The van der Waals surface area contributed by atoms with Gasteiger partial charge in [0.05, 0.1) is 18.4 Å². The van der Waals surface area contributed by atoms with Crippen molar-refractivity contribution in [3.05, 3.63) is 23.8 Å². The van der Waals surface area contributed by atoms with Gasteiger partial charge in [0.25, 0.3) is 0 Å². The number of benzene rings is 1. The summed E-state index contributed by atoms with van der Waals surface area (Å²) in [6.45, 7) is 1.64. The molecule has 0 radical (unpaired) electrons. The molecule has 0 aliphatic heterocycles. The van der Waals surface area contributed by atoms with Crippen LogP contribution in [0.1, 0.15) is 25.3 Å². The van der Waals surface area contributed by atoms with Crippen LogP contribution >= 0.6 is 0 Å². The maximum absolute atomic E-state index is 12.1. The molecule has 3 N–H and O–H groups in total. The van der Waals surface area contributed by atoms with E-state index < -0.39 is 16.0 Å². The number of nitrogens with one attached hydrogen (secondary N) is 2. The lowest BCUT2D eigenvalue weighted by Crippen LogP contribution is -2.27. The third kappa shape index (κ3) is 5.87. The number of carboxylic acid groups (broad SMARTS) is 1. The van der Waals surface area contributed by atoms with Gasteiger partial charge >= 0.3 is 5.97 Å². The minimum atomic E-state index is -3.83. The van der Waals surface area contributed by atoms with Gasteiger partial charge < -0.3 is 15.2 Å². The predicted molar refractivity (Wildman–Crippen MR) is 82.6 cm³/mol. The van der Waals surface area contributed by atoms with E-state index in [0.29, 0.717) is 17.7 Å². The Labute approximate surface area is 134 Å². The zero-order valence-electron chi connectivity index (χ0n) is 13.0. The third-order valence-electron chi connectivity index (χ3n) is 2.99. The van der Waals surface area contributed by atoms with E-state index in [0.717, 1.165) is 0 Å². The Hall–Kier alpha value is -2.13. The predicted octanol–water partition coefficient (Wildman–Crippen LogP) is 0.474. The Morgan fingerprint density at radius 3 is 2.57 bits per heavy atom. The molecule has 0 saturated heterocycles. The second-order valence-corrected chi connectivity index (χ2v) is 6.41. The lowest BCUT2D eigenvalue weighted by Gasteiger charge is -2.12. The molecule has 0 saturated carbocycles. The Bertz CT molecular complexity index is 672. The largest absolute Gasteiger partial charge is 0.496 e. The van der Waals surface area contributed by atoms with E-state index in [-0.39, 0.29) is 30.3 Å². The van der Waals surface area contributed by atoms with Gasteiger partial charge in [-0.1, -0.05) is 6.92 Å². The Kier molecular flexibility index (Phi) is 6.98. The molecule has 8 nitrogen and oxygen atoms in total. The monoisotopic (exact) mass is 344 g/mol. The topological polar surface area (TPSA) is 122 Å². The Balaban J connectivity index is 2.94. The average molecular weight is 344 g/mol. The van der Waals surface area contributed by atoms with Gasteiger partial charge in [-0.15, -0.1) is 0 Å². The summed E-state index contributed by atoms with van der Waals surface area (Å²) in [5.41, 5.74) is 0.510. The summed E-state index contributed by atoms with van der Waals surface area (Å²) in [5, 5.41) is 11.2. The van der Waals surface area contributed by atoms with Gasteiger partial charge in [0.1, 0.15) is 5.75 Å². The standard InChI is InChI=1S/C14H20N2O6S/c1-3-13(17)15-9-10-8-11(4-5-12(10)22-2)23(20,21)16-7-6-14(18)19/h4-5,8,16H,3,6-7,9H2,1-2H3,(H,15,17)(H,18,19). The van der Waals surface area contributed by atoms with Crippen LogP contribution in [0, 0.1) is 0 Å². The lowest BCUT2D eigenvalue weighted by atomic mass is 10.2. The fraction of sp³-hybridized carbons (Fsp3) is 0.429. The number of carbonyl (C=O) groups is 2. The lowest BCUT2D eigenvalue weighted by molar-refractivity contribution is -0.136. The van der Waals surface area contributed by atoms with Crippen molar-refractivity contribution >= 4 is 21.9 Å². The van der Waals surface area contributed by atoms with E-state index in [1.807, 2.05) is 0 Å². The van der Waals surface area contributed by atoms with Crippen molar-refractivity contribution in [3.8, 4) is 5.75 Å². The number of methoxy groups -OCH3 is 1. The number of carbonyl (C=O) groups excluding carboxylic acids is 1. The average Bonchev–Trinajstić information content (AvgIpc) is 2.51. The number of hydrogen-bond acceptors (Lipinski definition) is 5. The zero-order valence-corrected chi connectivity index (χ0v) is 13.8. The van der Waals surface area contributed by atoms with Gasteiger partial charge in [-0.25, -0.2) is 13.1 Å². The molecule has 1 amide bonds. The number of carboxylic acids is 1. The van der Waals surface area contributed by atoms with Crippen molar-refractivity contribution in [2.24, 2.45) is 0 Å². The van der Waals surface area contributed by atoms with Crippen molar-refractivity contribution in [2.75, 3.05) is 13.7 Å². The highest BCUT2D eigenvalue weighted by molar-refractivity contribution is 7.89. The van der Waals surface area contributed by atoms with Gasteiger partial charge in [-0.05, 0) is 18.2 Å². The molecule has 1 rings (SSSR count). The summed E-state index contributed by atoms with van der Waals surface area (Å²) in [4.78, 5) is 21.8. The molecule has 128 valence electrons. The molecule has 1 aromatic rings. The van der Waals surface area contributed by atoms with Gasteiger partial charge in [-0.2, -0.15) is 0 Å². The first-order valence-electron chi connectivity index (χ1n) is 6.95. The van der Waals surface area contributed by atoms with E-state index in [1.54, 1.807) is 6.92 Å². The van der Waals surface area contributed by atoms with E-state index in [2.05, 4.69) is 10.0 Å². The summed E-state index contributed by atoms with van der Waals surface area (Å²) < 4.78 is 31.6. The van der Waals surface area contributed by atoms with Crippen LogP contribution in [0.3, 0.4) is 0 Å². The molecule has 0 spiro atoms. The smallest absolute Gasteiger partial charge is 0.304 e. The highest BCUT2D eigenvalue weighted by Crippen LogP contribution is 2.22. The van der Waals surface area contributed by atoms with Gasteiger partial charge in [-0.3, -0.25) is 9.59 Å². The maximum atomic E-state index is 12.1. The van der Waals surface area contributed by atoms with Crippen LogP contribution in [-0.2, 0) is 26.2 Å². The second kappa shape index (κ2) is 8.49. The summed E-state index contributed by atoms with van der Waals surface area (Å²) in [7, 11) is -2.38. The summed E-state index contributed by atoms with van der Waals surface area (Å²) in [6.07, 6.45) is 0.00580. The van der Waals surface area contributed by atoms with Crippen LogP contribution in [0.2, 0.25) is 0 Å². The van der Waals surface area contributed by atoms with E-state index >= 15 is 0 Å². The quantitative estimate of drug-likeness (QED) is 0.599. The molecule has 9 heteroatoms. The SMILES string of the molecule is CCC(=O)NCc1cc(S(=O)(=O)NCCC(=O)O)ccc1OC. The molecule has 0 aliphatic carbocycles. The summed E-state index contributed by atoms with van der Waals surface area (Å²) in [6, 6.07) is 4.23. The number of amides is 1. The van der Waals surface area contributed by atoms with Crippen molar-refractivity contribution < 1.29 is 27.9 Å². The van der Waals surface area contributed by atoms with Crippen LogP contribution in [0.25, 0.3) is 0 Å². The molecule has 0 bridgehead atoms. The normalized spacial score (nSPS) is 11.0. The number of hydrogen-bond donors (Lipinski definition) is 3. The molecule has 0 aromatic heterocycles. The van der Waals surface area contributed by atoms with Gasteiger partial charge in [0.15, 0.2) is 0 Å². The fourth-order valence-corrected chi connectivity index (χ4v) is 2.84. The maximum Gasteiger partial charge on any atom is 0.304 e. The fourth-order valence-electron chi connectivity index (χ4n) is 1.75. The highest BCUT2D eigenvalue weighted by atomic mass is 32.2. The molecule has 23 heavy (non-hydrogen) atoms. The van der Waals surface area contributed by atoms with Gasteiger partial charge in [0, 0.05) is 25.1 Å². The highest BCUT2D eigenvalue weighted by Gasteiger charge is 2.17. The molecule has 0 unspecified atom stereocenters. The molecule has 0 fully saturated rings. The van der Waals surface area contributed by atoms with Crippen LogP contribution in [0.4, 0.5) is 0 Å². The number of rotatable bonds is 9. The van der Waals surface area contributed by atoms with E-state index in [4.69, 9.17) is 9.84 Å². The van der Waals surface area contributed by atoms with E-state index in [1.165, 1.54) is 25.3 Å². The summed E-state index contributed by atoms with van der Waals surface area (Å²) >= 11 is 0. The van der Waals surface area contributed by atoms with Crippen LogP contribution in [0.5, 0.6) is 5.75 Å². The summed E-state index contributed by atoms with van der Waals surface area (Å²) in [5.74, 6) is -0.809. The molecule has 0 heterocycles. The first kappa shape index (κ1) is 18.9. The minimum Gasteiger partial charge on any atom is -0.496 e. The van der Waals surface area contributed by atoms with Gasteiger partial charge in [0.2, 0.25) is 15.9 Å². The molecule has 0 aliphatic rings. The Morgan fingerprint density at radius 1 is 1.30 bits per heavy atom. The van der Waals surface area contributed by atoms with Crippen LogP contribution in [-0.4, -0.2) is 39.1 Å². The first-order valence-corrected chi connectivity index (χ1v) is 8.43. The number of ether oxygens (including phenoxy) is 1. The van der Waals surface area contributed by atoms with E-state index in [9.17, 15) is 18.0 Å².